The topological polar surface area (TPSA) is 58.2 Å². The zero-order chi connectivity index (χ0) is 9.14. The van der Waals surface area contributed by atoms with Crippen LogP contribution in [-0.4, -0.2) is 24.3 Å². The third kappa shape index (κ3) is 2.08. The maximum atomic E-state index is 11.1. The monoisotopic (exact) mass is 168 g/mol. The Morgan fingerprint density at radius 2 is 2.33 bits per heavy atom. The van der Waals surface area contributed by atoms with Crippen molar-refractivity contribution >= 4 is 11.7 Å². The van der Waals surface area contributed by atoms with Crippen LogP contribution < -0.4 is 10.6 Å². The van der Waals surface area contributed by atoms with Crippen molar-refractivity contribution in [3.8, 4) is 0 Å². The first-order valence-electron chi connectivity index (χ1n) is 3.86. The summed E-state index contributed by atoms with van der Waals surface area (Å²) >= 11 is 0. The molecule has 66 valence electrons. The van der Waals surface area contributed by atoms with Crippen molar-refractivity contribution in [1.29, 1.82) is 0 Å². The number of carbonyl (C=O) groups excluding carboxylic acids is 2. The fourth-order valence-corrected chi connectivity index (χ4v) is 1.02. The third-order valence-corrected chi connectivity index (χ3v) is 1.57. The minimum absolute atomic E-state index is 0.123. The summed E-state index contributed by atoms with van der Waals surface area (Å²) < 4.78 is 0. The largest absolute Gasteiger partial charge is 0.378 e. The van der Waals surface area contributed by atoms with Gasteiger partial charge in [0.15, 0.2) is 5.78 Å². The van der Waals surface area contributed by atoms with E-state index in [1.807, 2.05) is 6.92 Å². The first kappa shape index (κ1) is 8.77. The Labute approximate surface area is 71.0 Å². The van der Waals surface area contributed by atoms with Gasteiger partial charge in [0.2, 0.25) is 0 Å². The summed E-state index contributed by atoms with van der Waals surface area (Å²) in [5.74, 6) is -0.328. The van der Waals surface area contributed by atoms with E-state index in [4.69, 9.17) is 0 Å². The highest BCUT2D eigenvalue weighted by Crippen LogP contribution is 1.98. The van der Waals surface area contributed by atoms with Gasteiger partial charge in [0.1, 0.15) is 5.70 Å². The van der Waals surface area contributed by atoms with E-state index in [2.05, 4.69) is 10.6 Å². The maximum Gasteiger partial charge on any atom is 0.267 e. The molecule has 1 unspecified atom stereocenters. The molecule has 12 heavy (non-hydrogen) atoms. The van der Waals surface area contributed by atoms with Gasteiger partial charge in [-0.3, -0.25) is 9.59 Å². The molecular weight excluding hydrogens is 156 g/mol. The lowest BCUT2D eigenvalue weighted by Gasteiger charge is -2.23. The summed E-state index contributed by atoms with van der Waals surface area (Å²) in [5.41, 5.74) is 0.362. The molecule has 0 saturated carbocycles. The van der Waals surface area contributed by atoms with Crippen molar-refractivity contribution in [3.63, 3.8) is 0 Å². The number of allylic oxidation sites excluding steroid dienone is 1. The van der Waals surface area contributed by atoms with Crippen LogP contribution in [0.1, 0.15) is 13.8 Å². The average molecular weight is 168 g/mol. The van der Waals surface area contributed by atoms with Gasteiger partial charge in [0.05, 0.1) is 0 Å². The number of hydrogen-bond acceptors (Lipinski definition) is 3. The van der Waals surface area contributed by atoms with Crippen molar-refractivity contribution in [1.82, 2.24) is 10.6 Å². The number of piperazine rings is 1. The standard InChI is InChI=1S/C8H12N2O2/c1-5-4-9-7(3-6(2)11)8(12)10-5/h3,5,9H,4H2,1-2H3,(H,10,12)/b7-3-. The summed E-state index contributed by atoms with van der Waals surface area (Å²) in [6.07, 6.45) is 1.31. The van der Waals surface area contributed by atoms with Crippen molar-refractivity contribution in [3.05, 3.63) is 11.8 Å². The van der Waals surface area contributed by atoms with Crippen molar-refractivity contribution < 1.29 is 9.59 Å². The van der Waals surface area contributed by atoms with Gasteiger partial charge in [0, 0.05) is 18.7 Å². The predicted molar refractivity (Wildman–Crippen MR) is 44.4 cm³/mol. The first-order chi connectivity index (χ1) is 5.59. The molecule has 1 heterocycles. The van der Waals surface area contributed by atoms with E-state index in [0.717, 1.165) is 0 Å². The minimum atomic E-state index is -0.205. The summed E-state index contributed by atoms with van der Waals surface area (Å²) in [5, 5.41) is 5.59. The van der Waals surface area contributed by atoms with Crippen LogP contribution in [0.3, 0.4) is 0 Å². The van der Waals surface area contributed by atoms with Gasteiger partial charge >= 0.3 is 0 Å². The molecule has 0 aliphatic carbocycles. The van der Waals surface area contributed by atoms with Gasteiger partial charge in [0.25, 0.3) is 5.91 Å². The molecule has 4 nitrogen and oxygen atoms in total. The van der Waals surface area contributed by atoms with Gasteiger partial charge in [-0.25, -0.2) is 0 Å². The normalized spacial score (nSPS) is 26.3. The fourth-order valence-electron chi connectivity index (χ4n) is 1.02. The van der Waals surface area contributed by atoms with Crippen molar-refractivity contribution in [2.45, 2.75) is 19.9 Å². The fraction of sp³-hybridized carbons (Fsp3) is 0.500. The minimum Gasteiger partial charge on any atom is -0.378 e. The molecule has 1 atom stereocenters. The van der Waals surface area contributed by atoms with Crippen molar-refractivity contribution in [2.75, 3.05) is 6.54 Å². The summed E-state index contributed by atoms with van der Waals surface area (Å²) in [6.45, 7) is 3.99. The Balaban J connectivity index is 2.69. The van der Waals surface area contributed by atoms with Crippen LogP contribution in [0.4, 0.5) is 0 Å². The molecule has 2 N–H and O–H groups in total. The lowest BCUT2D eigenvalue weighted by molar-refractivity contribution is -0.120. The number of amides is 1. The summed E-state index contributed by atoms with van der Waals surface area (Å²) in [7, 11) is 0. The molecule has 0 bridgehead atoms. The Morgan fingerprint density at radius 1 is 1.67 bits per heavy atom. The molecule has 0 spiro atoms. The Morgan fingerprint density at radius 3 is 2.83 bits per heavy atom. The lowest BCUT2D eigenvalue weighted by atomic mass is 10.2. The highest BCUT2D eigenvalue weighted by atomic mass is 16.2. The smallest absolute Gasteiger partial charge is 0.267 e. The van der Waals surface area contributed by atoms with Crippen molar-refractivity contribution in [2.24, 2.45) is 0 Å². The molecule has 0 radical (unpaired) electrons. The summed E-state index contributed by atoms with van der Waals surface area (Å²) in [6, 6.07) is 0.126. The predicted octanol–water partition coefficient (Wildman–Crippen LogP) is -0.433. The number of rotatable bonds is 1. The van der Waals surface area contributed by atoms with E-state index in [1.165, 1.54) is 13.0 Å². The number of carbonyl (C=O) groups is 2. The van der Waals surface area contributed by atoms with Crippen LogP contribution in [-0.2, 0) is 9.59 Å². The van der Waals surface area contributed by atoms with Gasteiger partial charge in [-0.2, -0.15) is 0 Å². The first-order valence-corrected chi connectivity index (χ1v) is 3.86. The van der Waals surface area contributed by atoms with E-state index in [9.17, 15) is 9.59 Å². The Hall–Kier alpha value is -1.32. The molecule has 1 rings (SSSR count). The number of nitrogens with one attached hydrogen (secondary N) is 2. The van der Waals surface area contributed by atoms with Crippen LogP contribution in [0.15, 0.2) is 11.8 Å². The quantitative estimate of drug-likeness (QED) is 0.522. The second kappa shape index (κ2) is 3.38. The molecule has 0 aromatic rings. The molecule has 4 heteroatoms. The molecule has 0 aromatic carbocycles. The van der Waals surface area contributed by atoms with Gasteiger partial charge in [-0.15, -0.1) is 0 Å². The molecule has 0 aromatic heterocycles. The van der Waals surface area contributed by atoms with E-state index < -0.39 is 0 Å². The van der Waals surface area contributed by atoms with E-state index >= 15 is 0 Å². The van der Waals surface area contributed by atoms with Crippen LogP contribution in [0.2, 0.25) is 0 Å². The number of ketones is 1. The van der Waals surface area contributed by atoms with E-state index in [0.29, 0.717) is 12.2 Å². The molecule has 1 aliphatic rings. The SMILES string of the molecule is CC(=O)/C=C1\NCC(C)NC1=O. The molecule has 1 amide bonds. The Kier molecular flexibility index (Phi) is 2.47. The Bertz CT molecular complexity index is 245. The van der Waals surface area contributed by atoms with Gasteiger partial charge < -0.3 is 10.6 Å². The highest BCUT2D eigenvalue weighted by Gasteiger charge is 2.18. The zero-order valence-electron chi connectivity index (χ0n) is 7.18. The van der Waals surface area contributed by atoms with Crippen LogP contribution in [0.5, 0.6) is 0 Å². The van der Waals surface area contributed by atoms with Crippen LogP contribution in [0, 0.1) is 0 Å². The second-order valence-corrected chi connectivity index (χ2v) is 2.92. The molecule has 1 aliphatic heterocycles. The van der Waals surface area contributed by atoms with E-state index in [-0.39, 0.29) is 17.7 Å². The van der Waals surface area contributed by atoms with Gasteiger partial charge in [-0.05, 0) is 13.8 Å². The van der Waals surface area contributed by atoms with Gasteiger partial charge in [-0.1, -0.05) is 0 Å². The molecule has 1 saturated heterocycles. The lowest BCUT2D eigenvalue weighted by Crippen LogP contribution is -2.49. The second-order valence-electron chi connectivity index (χ2n) is 2.92. The third-order valence-electron chi connectivity index (χ3n) is 1.57. The van der Waals surface area contributed by atoms with Crippen LogP contribution >= 0.6 is 0 Å². The molecule has 1 fully saturated rings. The molecular formula is C8H12N2O2. The van der Waals surface area contributed by atoms with E-state index in [1.54, 1.807) is 0 Å². The van der Waals surface area contributed by atoms with Crippen LogP contribution in [0.25, 0.3) is 0 Å². The maximum absolute atomic E-state index is 11.1. The zero-order valence-corrected chi connectivity index (χ0v) is 7.18. The summed E-state index contributed by atoms with van der Waals surface area (Å²) in [4.78, 5) is 21.8. The average Bonchev–Trinajstić information content (AvgIpc) is 1.94. The highest BCUT2D eigenvalue weighted by molar-refractivity contribution is 6.01. The number of hydrogen-bond donors (Lipinski definition) is 2.